The lowest BCUT2D eigenvalue weighted by atomic mass is 10.2. The van der Waals surface area contributed by atoms with Crippen LogP contribution in [-0.4, -0.2) is 23.1 Å². The van der Waals surface area contributed by atoms with E-state index in [0.717, 1.165) is 49.3 Å². The highest BCUT2D eigenvalue weighted by atomic mass is 19.2. The van der Waals surface area contributed by atoms with Crippen molar-refractivity contribution in [2.24, 2.45) is 5.73 Å². The maximum Gasteiger partial charge on any atom is 0.229 e. The van der Waals surface area contributed by atoms with Crippen molar-refractivity contribution in [1.82, 2.24) is 9.97 Å². The second-order valence-electron chi connectivity index (χ2n) is 5.59. The Morgan fingerprint density at radius 1 is 1.22 bits per heavy atom. The van der Waals surface area contributed by atoms with Crippen LogP contribution in [0.4, 0.5) is 26.2 Å². The summed E-state index contributed by atoms with van der Waals surface area (Å²) in [4.78, 5) is 8.74. The number of nitrogens with two attached hydrogens (primary N) is 1. The van der Waals surface area contributed by atoms with E-state index in [9.17, 15) is 8.78 Å². The standard InChI is InChI=1S/C16H19F2N5/c17-13-5-4-11(8-14(13)18)22-16-21-9-12(10-2-3-10)15(23-16)20-7-1-6-19/h4-5,8-10H,1-3,6-7,19H2,(H2,20,21,22,23). The summed E-state index contributed by atoms with van der Waals surface area (Å²) in [6.45, 7) is 1.34. The minimum absolute atomic E-state index is 0.343. The zero-order valence-corrected chi connectivity index (χ0v) is 12.6. The van der Waals surface area contributed by atoms with Crippen LogP contribution < -0.4 is 16.4 Å². The molecule has 0 saturated heterocycles. The quantitative estimate of drug-likeness (QED) is 0.684. The molecule has 1 aromatic heterocycles. The van der Waals surface area contributed by atoms with Crippen LogP contribution in [0.15, 0.2) is 24.4 Å². The lowest BCUT2D eigenvalue weighted by molar-refractivity contribution is 0.509. The van der Waals surface area contributed by atoms with Crippen LogP contribution >= 0.6 is 0 Å². The SMILES string of the molecule is NCCCNc1nc(Nc2ccc(F)c(F)c2)ncc1C1CC1. The van der Waals surface area contributed by atoms with Crippen molar-refractivity contribution in [3.63, 3.8) is 0 Å². The number of benzene rings is 1. The van der Waals surface area contributed by atoms with Gasteiger partial charge in [-0.2, -0.15) is 4.98 Å². The second-order valence-corrected chi connectivity index (χ2v) is 5.59. The van der Waals surface area contributed by atoms with E-state index in [4.69, 9.17) is 5.73 Å². The van der Waals surface area contributed by atoms with Gasteiger partial charge in [-0.3, -0.25) is 0 Å². The first-order chi connectivity index (χ1) is 11.2. The zero-order valence-electron chi connectivity index (χ0n) is 12.6. The summed E-state index contributed by atoms with van der Waals surface area (Å²) in [6, 6.07) is 3.59. The molecule has 23 heavy (non-hydrogen) atoms. The van der Waals surface area contributed by atoms with E-state index in [2.05, 4.69) is 20.6 Å². The topological polar surface area (TPSA) is 75.9 Å². The average Bonchev–Trinajstić information content (AvgIpc) is 3.36. The maximum atomic E-state index is 13.3. The Bertz CT molecular complexity index is 688. The van der Waals surface area contributed by atoms with Gasteiger partial charge in [-0.1, -0.05) is 0 Å². The van der Waals surface area contributed by atoms with Gasteiger partial charge in [-0.05, 0) is 43.9 Å². The fourth-order valence-electron chi connectivity index (χ4n) is 2.30. The number of nitrogens with one attached hydrogen (secondary N) is 2. The minimum Gasteiger partial charge on any atom is -0.370 e. The highest BCUT2D eigenvalue weighted by Gasteiger charge is 2.27. The van der Waals surface area contributed by atoms with E-state index in [1.807, 2.05) is 0 Å². The summed E-state index contributed by atoms with van der Waals surface area (Å²) in [6.07, 6.45) is 4.92. The fourth-order valence-corrected chi connectivity index (χ4v) is 2.30. The fraction of sp³-hybridized carbons (Fsp3) is 0.375. The molecule has 4 N–H and O–H groups in total. The molecule has 0 amide bonds. The molecule has 1 aromatic carbocycles. The summed E-state index contributed by atoms with van der Waals surface area (Å²) in [5.41, 5.74) is 7.00. The van der Waals surface area contributed by atoms with Gasteiger partial charge in [0.2, 0.25) is 5.95 Å². The maximum absolute atomic E-state index is 13.3. The molecule has 0 bridgehead atoms. The second kappa shape index (κ2) is 6.87. The Labute approximate surface area is 133 Å². The molecule has 3 rings (SSSR count). The Morgan fingerprint density at radius 3 is 2.74 bits per heavy atom. The summed E-state index contributed by atoms with van der Waals surface area (Å²) < 4.78 is 26.2. The first-order valence-electron chi connectivity index (χ1n) is 7.70. The van der Waals surface area contributed by atoms with Crippen LogP contribution in [0.25, 0.3) is 0 Å². The first-order valence-corrected chi connectivity index (χ1v) is 7.70. The van der Waals surface area contributed by atoms with Gasteiger partial charge in [0, 0.05) is 30.1 Å². The van der Waals surface area contributed by atoms with Crippen LogP contribution in [0, 0.1) is 11.6 Å². The highest BCUT2D eigenvalue weighted by molar-refractivity contribution is 5.57. The Kier molecular flexibility index (Phi) is 4.66. The van der Waals surface area contributed by atoms with Crippen LogP contribution in [0.2, 0.25) is 0 Å². The molecule has 1 aliphatic carbocycles. The average molecular weight is 319 g/mol. The lowest BCUT2D eigenvalue weighted by Gasteiger charge is -2.12. The van der Waals surface area contributed by atoms with Gasteiger partial charge >= 0.3 is 0 Å². The van der Waals surface area contributed by atoms with Gasteiger partial charge < -0.3 is 16.4 Å². The number of anilines is 3. The van der Waals surface area contributed by atoms with Crippen LogP contribution in [0.3, 0.4) is 0 Å². The molecule has 1 aliphatic rings. The molecular weight excluding hydrogens is 300 g/mol. The van der Waals surface area contributed by atoms with Gasteiger partial charge in [0.15, 0.2) is 11.6 Å². The molecule has 1 fully saturated rings. The number of hydrogen-bond acceptors (Lipinski definition) is 5. The van der Waals surface area contributed by atoms with E-state index in [1.54, 1.807) is 6.20 Å². The van der Waals surface area contributed by atoms with Crippen molar-refractivity contribution >= 4 is 17.5 Å². The summed E-state index contributed by atoms with van der Waals surface area (Å²) in [5.74, 6) is -0.167. The van der Waals surface area contributed by atoms with Crippen LogP contribution in [-0.2, 0) is 0 Å². The Morgan fingerprint density at radius 2 is 2.04 bits per heavy atom. The van der Waals surface area contributed by atoms with E-state index >= 15 is 0 Å². The Hall–Kier alpha value is -2.28. The predicted octanol–water partition coefficient (Wildman–Crippen LogP) is 3.14. The molecule has 0 unspecified atom stereocenters. The summed E-state index contributed by atoms with van der Waals surface area (Å²) in [5, 5.41) is 6.17. The van der Waals surface area contributed by atoms with Gasteiger partial charge in [0.25, 0.3) is 0 Å². The zero-order chi connectivity index (χ0) is 16.2. The number of rotatable bonds is 7. The van der Waals surface area contributed by atoms with Crippen molar-refractivity contribution in [3.8, 4) is 0 Å². The van der Waals surface area contributed by atoms with E-state index in [1.165, 1.54) is 6.07 Å². The third-order valence-corrected chi connectivity index (χ3v) is 3.68. The molecule has 1 saturated carbocycles. The molecule has 0 radical (unpaired) electrons. The highest BCUT2D eigenvalue weighted by Crippen LogP contribution is 2.42. The number of aromatic nitrogens is 2. The van der Waals surface area contributed by atoms with Crippen molar-refractivity contribution in [3.05, 3.63) is 41.6 Å². The minimum atomic E-state index is -0.911. The van der Waals surface area contributed by atoms with Gasteiger partial charge in [-0.25, -0.2) is 13.8 Å². The molecule has 5 nitrogen and oxygen atoms in total. The lowest BCUT2D eigenvalue weighted by Crippen LogP contribution is -2.12. The predicted molar refractivity (Wildman–Crippen MR) is 85.8 cm³/mol. The molecule has 7 heteroatoms. The molecule has 0 aliphatic heterocycles. The van der Waals surface area contributed by atoms with E-state index in [0.29, 0.717) is 24.1 Å². The summed E-state index contributed by atoms with van der Waals surface area (Å²) >= 11 is 0. The molecular formula is C16H19F2N5. The Balaban J connectivity index is 1.78. The number of halogens is 2. The molecule has 0 spiro atoms. The largest absolute Gasteiger partial charge is 0.370 e. The smallest absolute Gasteiger partial charge is 0.229 e. The van der Waals surface area contributed by atoms with Crippen molar-refractivity contribution < 1.29 is 8.78 Å². The number of hydrogen-bond donors (Lipinski definition) is 3. The normalized spacial score (nSPS) is 13.9. The summed E-state index contributed by atoms with van der Waals surface area (Å²) in [7, 11) is 0. The van der Waals surface area contributed by atoms with Crippen LogP contribution in [0.5, 0.6) is 0 Å². The van der Waals surface area contributed by atoms with Crippen LogP contribution in [0.1, 0.15) is 30.7 Å². The molecule has 1 heterocycles. The third kappa shape index (κ3) is 3.92. The van der Waals surface area contributed by atoms with Crippen molar-refractivity contribution in [2.75, 3.05) is 23.7 Å². The molecule has 0 atom stereocenters. The third-order valence-electron chi connectivity index (χ3n) is 3.68. The van der Waals surface area contributed by atoms with Gasteiger partial charge in [0.1, 0.15) is 5.82 Å². The van der Waals surface area contributed by atoms with Crippen molar-refractivity contribution in [2.45, 2.75) is 25.2 Å². The number of nitrogens with zero attached hydrogens (tertiary/aromatic N) is 2. The first kappa shape index (κ1) is 15.6. The molecule has 2 aromatic rings. The van der Waals surface area contributed by atoms with E-state index < -0.39 is 11.6 Å². The monoisotopic (exact) mass is 319 g/mol. The molecule has 122 valence electrons. The van der Waals surface area contributed by atoms with Gasteiger partial charge in [-0.15, -0.1) is 0 Å². The van der Waals surface area contributed by atoms with Gasteiger partial charge in [0.05, 0.1) is 0 Å². The van der Waals surface area contributed by atoms with E-state index in [-0.39, 0.29) is 0 Å². The van der Waals surface area contributed by atoms with Crippen molar-refractivity contribution in [1.29, 1.82) is 0 Å².